The van der Waals surface area contributed by atoms with Gasteiger partial charge in [0.25, 0.3) is 0 Å². The second-order valence-electron chi connectivity index (χ2n) is 2.10. The molecule has 0 aliphatic rings. The van der Waals surface area contributed by atoms with Crippen molar-refractivity contribution in [2.24, 2.45) is 7.05 Å². The first-order valence-electron chi connectivity index (χ1n) is 2.79. The molecule has 1 aromatic heterocycles. The molecule has 0 fully saturated rings. The zero-order valence-electron chi connectivity index (χ0n) is 5.45. The van der Waals surface area contributed by atoms with Gasteiger partial charge >= 0.3 is 7.12 Å². The van der Waals surface area contributed by atoms with Crippen LogP contribution in [0.15, 0.2) is 12.4 Å². The van der Waals surface area contributed by atoms with Crippen LogP contribution in [-0.2, 0) is 7.05 Å². The molecule has 0 aliphatic heterocycles. The van der Waals surface area contributed by atoms with Gasteiger partial charge in [-0.25, -0.2) is 0 Å². The molecule has 0 aliphatic carbocycles. The van der Waals surface area contributed by atoms with Crippen molar-refractivity contribution in [3.63, 3.8) is 0 Å². The lowest BCUT2D eigenvalue weighted by Gasteiger charge is -1.91. The van der Waals surface area contributed by atoms with E-state index in [0.717, 1.165) is 0 Å². The van der Waals surface area contributed by atoms with Gasteiger partial charge < -0.3 is 14.6 Å². The monoisotopic (exact) mass is 159 g/mol. The van der Waals surface area contributed by atoms with Gasteiger partial charge in [0.15, 0.2) is 0 Å². The lowest BCUT2D eigenvalue weighted by Crippen LogP contribution is -2.29. The van der Waals surface area contributed by atoms with Gasteiger partial charge in [-0.15, -0.1) is 0 Å². The number of aryl methyl sites for hydroxylation is 1. The summed E-state index contributed by atoms with van der Waals surface area (Å²) in [6.07, 6.45) is 3.17. The van der Waals surface area contributed by atoms with E-state index in [2.05, 4.69) is 0 Å². The van der Waals surface area contributed by atoms with Crippen LogP contribution in [-0.4, -0.2) is 21.7 Å². The van der Waals surface area contributed by atoms with E-state index in [9.17, 15) is 0 Å². The molecular weight excluding hydrogens is 152 g/mol. The second kappa shape index (κ2) is 2.66. The highest BCUT2D eigenvalue weighted by molar-refractivity contribution is 6.62. The first-order valence-corrected chi connectivity index (χ1v) is 3.16. The standard InChI is InChI=1S/C5H7BClNO2/c1-8-2-4(6(9)10)5(7)3-8/h2-3,9-10H,1H3. The Kier molecular flexibility index (Phi) is 2.04. The Labute approximate surface area is 64.0 Å². The van der Waals surface area contributed by atoms with Gasteiger partial charge in [-0.2, -0.15) is 0 Å². The van der Waals surface area contributed by atoms with Gasteiger partial charge in [0.1, 0.15) is 0 Å². The topological polar surface area (TPSA) is 45.4 Å². The minimum absolute atomic E-state index is 0.337. The van der Waals surface area contributed by atoms with E-state index in [1.165, 1.54) is 0 Å². The van der Waals surface area contributed by atoms with Crippen LogP contribution in [0.3, 0.4) is 0 Å². The summed E-state index contributed by atoms with van der Waals surface area (Å²) < 4.78 is 1.66. The van der Waals surface area contributed by atoms with Crippen molar-refractivity contribution in [3.05, 3.63) is 17.4 Å². The first kappa shape index (κ1) is 7.66. The Morgan fingerprint density at radius 2 is 2.10 bits per heavy atom. The Balaban J connectivity index is 3.03. The minimum Gasteiger partial charge on any atom is -0.423 e. The molecule has 0 aromatic carbocycles. The number of hydrogen-bond donors (Lipinski definition) is 2. The van der Waals surface area contributed by atoms with Crippen LogP contribution in [0.5, 0.6) is 0 Å². The number of nitrogens with zero attached hydrogens (tertiary/aromatic N) is 1. The fourth-order valence-corrected chi connectivity index (χ4v) is 1.06. The number of rotatable bonds is 1. The molecular formula is C5H7BClNO2. The molecule has 1 heterocycles. The maximum Gasteiger partial charge on any atom is 0.491 e. The van der Waals surface area contributed by atoms with Crippen LogP contribution in [0.2, 0.25) is 5.02 Å². The van der Waals surface area contributed by atoms with Crippen LogP contribution >= 0.6 is 11.6 Å². The smallest absolute Gasteiger partial charge is 0.423 e. The summed E-state index contributed by atoms with van der Waals surface area (Å²) >= 11 is 5.60. The molecule has 0 bridgehead atoms. The second-order valence-corrected chi connectivity index (χ2v) is 2.51. The summed E-state index contributed by atoms with van der Waals surface area (Å²) in [5.74, 6) is 0. The maximum atomic E-state index is 8.68. The van der Waals surface area contributed by atoms with Crippen molar-refractivity contribution in [1.29, 1.82) is 0 Å². The molecule has 0 amide bonds. The van der Waals surface area contributed by atoms with Crippen molar-refractivity contribution in [2.75, 3.05) is 0 Å². The predicted octanol–water partition coefficient (Wildman–Crippen LogP) is -0.642. The van der Waals surface area contributed by atoms with Gasteiger partial charge in [0, 0.05) is 24.9 Å². The number of hydrogen-bond acceptors (Lipinski definition) is 2. The summed E-state index contributed by atoms with van der Waals surface area (Å²) in [6.45, 7) is 0. The third-order valence-electron chi connectivity index (χ3n) is 1.21. The number of halogens is 1. The van der Waals surface area contributed by atoms with Gasteiger partial charge in [-0.3, -0.25) is 0 Å². The molecule has 54 valence electrons. The highest BCUT2D eigenvalue weighted by Crippen LogP contribution is 2.04. The molecule has 0 saturated heterocycles. The quantitative estimate of drug-likeness (QED) is 0.535. The van der Waals surface area contributed by atoms with Gasteiger partial charge in [-0.1, -0.05) is 11.6 Å². The summed E-state index contributed by atoms with van der Waals surface area (Å²) in [5, 5.41) is 17.7. The molecule has 1 aromatic rings. The molecule has 5 heteroatoms. The summed E-state index contributed by atoms with van der Waals surface area (Å²) in [6, 6.07) is 0. The van der Waals surface area contributed by atoms with Gasteiger partial charge in [0.2, 0.25) is 0 Å². The molecule has 0 spiro atoms. The van der Waals surface area contributed by atoms with Gasteiger partial charge in [0.05, 0.1) is 5.02 Å². The predicted molar refractivity (Wildman–Crippen MR) is 40.2 cm³/mol. The van der Waals surface area contributed by atoms with E-state index in [1.54, 1.807) is 24.0 Å². The van der Waals surface area contributed by atoms with Crippen LogP contribution in [0, 0.1) is 0 Å². The Hall–Kier alpha value is -0.445. The van der Waals surface area contributed by atoms with E-state index in [-0.39, 0.29) is 0 Å². The van der Waals surface area contributed by atoms with Crippen molar-refractivity contribution >= 4 is 24.2 Å². The average molecular weight is 159 g/mol. The van der Waals surface area contributed by atoms with E-state index in [4.69, 9.17) is 21.6 Å². The van der Waals surface area contributed by atoms with Crippen LogP contribution in [0.1, 0.15) is 0 Å². The molecule has 3 nitrogen and oxygen atoms in total. The maximum absolute atomic E-state index is 8.68. The van der Waals surface area contributed by atoms with Crippen LogP contribution in [0.4, 0.5) is 0 Å². The molecule has 0 radical (unpaired) electrons. The average Bonchev–Trinajstić information content (AvgIpc) is 2.10. The third-order valence-corrected chi connectivity index (χ3v) is 1.53. The van der Waals surface area contributed by atoms with Crippen molar-refractivity contribution in [1.82, 2.24) is 4.57 Å². The Morgan fingerprint density at radius 1 is 1.50 bits per heavy atom. The zero-order chi connectivity index (χ0) is 7.72. The molecule has 10 heavy (non-hydrogen) atoms. The first-order chi connectivity index (χ1) is 4.61. The summed E-state index contributed by atoms with van der Waals surface area (Å²) in [4.78, 5) is 0. The Bertz CT molecular complexity index is 236. The molecule has 0 saturated carbocycles. The van der Waals surface area contributed by atoms with Crippen LogP contribution < -0.4 is 5.46 Å². The highest BCUT2D eigenvalue weighted by atomic mass is 35.5. The van der Waals surface area contributed by atoms with E-state index in [1.807, 2.05) is 0 Å². The lowest BCUT2D eigenvalue weighted by molar-refractivity contribution is 0.426. The van der Waals surface area contributed by atoms with E-state index >= 15 is 0 Å². The number of aromatic nitrogens is 1. The van der Waals surface area contributed by atoms with Crippen molar-refractivity contribution in [3.8, 4) is 0 Å². The Morgan fingerprint density at radius 3 is 2.30 bits per heavy atom. The highest BCUT2D eigenvalue weighted by Gasteiger charge is 2.16. The van der Waals surface area contributed by atoms with Crippen molar-refractivity contribution < 1.29 is 10.0 Å². The fraction of sp³-hybridized carbons (Fsp3) is 0.200. The zero-order valence-corrected chi connectivity index (χ0v) is 6.21. The lowest BCUT2D eigenvalue weighted by atomic mass is 9.83. The normalized spacial score (nSPS) is 10.0. The fourth-order valence-electron chi connectivity index (χ4n) is 0.762. The van der Waals surface area contributed by atoms with Crippen LogP contribution in [0.25, 0.3) is 0 Å². The summed E-state index contributed by atoms with van der Waals surface area (Å²) in [7, 11) is 0.284. The molecule has 0 atom stereocenters. The van der Waals surface area contributed by atoms with Gasteiger partial charge in [-0.05, 0) is 0 Å². The third kappa shape index (κ3) is 1.34. The minimum atomic E-state index is -1.48. The van der Waals surface area contributed by atoms with E-state index in [0.29, 0.717) is 10.5 Å². The van der Waals surface area contributed by atoms with Crippen molar-refractivity contribution in [2.45, 2.75) is 0 Å². The summed E-state index contributed by atoms with van der Waals surface area (Å²) in [5.41, 5.74) is 0.337. The molecule has 2 N–H and O–H groups in total. The largest absolute Gasteiger partial charge is 0.491 e. The van der Waals surface area contributed by atoms with E-state index < -0.39 is 7.12 Å². The SMILES string of the molecule is Cn1cc(Cl)c(B(O)O)c1. The molecule has 1 rings (SSSR count). The molecule has 0 unspecified atom stereocenters.